The van der Waals surface area contributed by atoms with Crippen LogP contribution >= 0.6 is 0 Å². The molecule has 0 saturated carbocycles. The van der Waals surface area contributed by atoms with Crippen molar-refractivity contribution >= 4 is 17.3 Å². The zero-order chi connectivity index (χ0) is 28.4. The summed E-state index contributed by atoms with van der Waals surface area (Å²) in [4.78, 5) is 40.1. The minimum absolute atomic E-state index is 0.0202. The van der Waals surface area contributed by atoms with E-state index in [-0.39, 0.29) is 64.2 Å². The molecule has 2 aliphatic carbocycles. The van der Waals surface area contributed by atoms with Crippen molar-refractivity contribution in [3.05, 3.63) is 51.6 Å². The largest absolute Gasteiger partial charge is 0.507 e. The minimum Gasteiger partial charge on any atom is -0.507 e. The fourth-order valence-electron chi connectivity index (χ4n) is 5.94. The normalized spacial score (nSPS) is 29.8. The lowest BCUT2D eigenvalue weighted by Crippen LogP contribution is -2.52. The number of aliphatic hydroxyl groups excluding tert-OH is 1. The maximum Gasteiger partial charge on any atom is 0.202 e. The summed E-state index contributed by atoms with van der Waals surface area (Å²) in [6.07, 6.45) is -3.75. The number of hydrogen-bond donors (Lipinski definition) is 4. The molecule has 11 nitrogen and oxygen atoms in total. The molecule has 0 amide bonds. The third-order valence-electron chi connectivity index (χ3n) is 8.16. The van der Waals surface area contributed by atoms with Gasteiger partial charge in [0.2, 0.25) is 5.78 Å². The topological polar surface area (TPSA) is 175 Å². The predicted octanol–water partition coefficient (Wildman–Crippen LogP) is 1.68. The highest BCUT2D eigenvalue weighted by atomic mass is 16.7. The van der Waals surface area contributed by atoms with Gasteiger partial charge in [-0.05, 0) is 19.9 Å². The van der Waals surface area contributed by atoms with Crippen LogP contribution < -0.4 is 10.5 Å². The van der Waals surface area contributed by atoms with Gasteiger partial charge in [-0.2, -0.15) is 0 Å². The second-order valence-electron chi connectivity index (χ2n) is 10.3. The lowest BCUT2D eigenvalue weighted by atomic mass is 9.72. The van der Waals surface area contributed by atoms with E-state index in [9.17, 15) is 29.7 Å². The lowest BCUT2D eigenvalue weighted by Gasteiger charge is -2.43. The first-order chi connectivity index (χ1) is 18.5. The van der Waals surface area contributed by atoms with Crippen molar-refractivity contribution in [2.45, 2.75) is 69.4 Å². The molecular weight excluding hydrogens is 510 g/mol. The number of phenols is 2. The number of benzene rings is 2. The Bertz CT molecular complexity index is 1380. The Hall–Kier alpha value is -3.35. The number of aromatic hydroxyl groups is 2. The van der Waals surface area contributed by atoms with Crippen molar-refractivity contribution in [3.63, 3.8) is 0 Å². The Morgan fingerprint density at radius 2 is 1.79 bits per heavy atom. The number of aliphatic hydroxyl groups is 1. The van der Waals surface area contributed by atoms with Crippen LogP contribution in [-0.4, -0.2) is 77.0 Å². The summed E-state index contributed by atoms with van der Waals surface area (Å²) < 4.78 is 23.0. The summed E-state index contributed by atoms with van der Waals surface area (Å²) in [6, 6.07) is 3.85. The van der Waals surface area contributed by atoms with Crippen LogP contribution in [0, 0.1) is 0 Å². The molecule has 5 N–H and O–H groups in total. The van der Waals surface area contributed by atoms with Crippen LogP contribution in [0.1, 0.15) is 75.8 Å². The lowest BCUT2D eigenvalue weighted by molar-refractivity contribution is -0.247. The van der Waals surface area contributed by atoms with Gasteiger partial charge in [0.1, 0.15) is 22.8 Å². The maximum atomic E-state index is 13.7. The Labute approximate surface area is 224 Å². The smallest absolute Gasteiger partial charge is 0.202 e. The number of ketones is 3. The van der Waals surface area contributed by atoms with E-state index < -0.39 is 59.3 Å². The van der Waals surface area contributed by atoms with Crippen molar-refractivity contribution in [1.82, 2.24) is 0 Å². The minimum atomic E-state index is -1.46. The van der Waals surface area contributed by atoms with Crippen molar-refractivity contribution in [3.8, 4) is 17.2 Å². The van der Waals surface area contributed by atoms with Gasteiger partial charge in [0, 0.05) is 49.1 Å². The fourth-order valence-corrected chi connectivity index (χ4v) is 5.94. The van der Waals surface area contributed by atoms with Gasteiger partial charge in [0.25, 0.3) is 0 Å². The van der Waals surface area contributed by atoms with Gasteiger partial charge in [-0.15, -0.1) is 0 Å². The molecule has 39 heavy (non-hydrogen) atoms. The van der Waals surface area contributed by atoms with E-state index in [4.69, 9.17) is 24.7 Å². The number of Topliss-reactive ketones (excluding diaryl/α,β-unsaturated/α-hetero) is 1. The molecule has 0 spiro atoms. The molecule has 0 radical (unpaired) electrons. The number of fused-ring (bicyclic) bond motifs is 3. The molecule has 1 aliphatic heterocycles. The molecule has 1 saturated heterocycles. The van der Waals surface area contributed by atoms with Crippen LogP contribution in [-0.2, 0) is 25.4 Å². The van der Waals surface area contributed by atoms with Crippen molar-refractivity contribution in [2.75, 3.05) is 14.2 Å². The van der Waals surface area contributed by atoms with Gasteiger partial charge in [0.15, 0.2) is 17.9 Å². The average Bonchev–Trinajstić information content (AvgIpc) is 2.91. The van der Waals surface area contributed by atoms with E-state index in [1.54, 1.807) is 13.0 Å². The van der Waals surface area contributed by atoms with Gasteiger partial charge in [-0.25, -0.2) is 0 Å². The van der Waals surface area contributed by atoms with Gasteiger partial charge in [-0.1, -0.05) is 12.1 Å². The summed E-state index contributed by atoms with van der Waals surface area (Å²) >= 11 is 0. The summed E-state index contributed by atoms with van der Waals surface area (Å²) in [5.74, 6) is -2.66. The molecule has 11 heteroatoms. The Morgan fingerprint density at radius 1 is 1.10 bits per heavy atom. The van der Waals surface area contributed by atoms with Gasteiger partial charge in [0.05, 0.1) is 42.1 Å². The molecule has 1 fully saturated rings. The van der Waals surface area contributed by atoms with E-state index in [1.165, 1.54) is 33.3 Å². The monoisotopic (exact) mass is 541 g/mol. The van der Waals surface area contributed by atoms with Crippen LogP contribution in [0.4, 0.5) is 0 Å². The van der Waals surface area contributed by atoms with Gasteiger partial charge in [-0.3, -0.25) is 14.4 Å². The molecule has 2 aromatic rings. The van der Waals surface area contributed by atoms with E-state index >= 15 is 0 Å². The number of phenolic OH excluding ortho intramolecular Hbond substituents is 2. The highest BCUT2D eigenvalue weighted by Gasteiger charge is 2.50. The van der Waals surface area contributed by atoms with Gasteiger partial charge < -0.3 is 40.0 Å². The third kappa shape index (κ3) is 4.04. The second-order valence-corrected chi connectivity index (χ2v) is 10.3. The summed E-state index contributed by atoms with van der Waals surface area (Å²) in [5.41, 5.74) is 3.97. The van der Waals surface area contributed by atoms with Crippen LogP contribution in [0.5, 0.6) is 17.2 Å². The number of rotatable bonds is 5. The van der Waals surface area contributed by atoms with E-state index in [0.29, 0.717) is 0 Å². The zero-order valence-electron chi connectivity index (χ0n) is 22.0. The van der Waals surface area contributed by atoms with E-state index in [0.717, 1.165) is 0 Å². The van der Waals surface area contributed by atoms with Crippen LogP contribution in [0.3, 0.4) is 0 Å². The first-order valence-corrected chi connectivity index (χ1v) is 12.6. The number of carbonyl (C=O) groups excluding carboxylic acids is 3. The Balaban J connectivity index is 1.70. The molecule has 3 aliphatic rings. The number of methoxy groups -OCH3 is 2. The van der Waals surface area contributed by atoms with Crippen molar-refractivity contribution < 1.29 is 48.7 Å². The Morgan fingerprint density at radius 3 is 2.41 bits per heavy atom. The van der Waals surface area contributed by atoms with E-state index in [2.05, 4.69) is 0 Å². The number of hydrogen-bond acceptors (Lipinski definition) is 11. The SMILES string of the molecule is COc1cccc2c1C(=O)c1c(O)c3c(c(O)c1C2=O)C[C@@](OC)(C(C)=O)C[C@@H]3O[C@H]1C[C@H](N)[C@H](O)[C@H](C)O1. The van der Waals surface area contributed by atoms with Crippen molar-refractivity contribution in [2.24, 2.45) is 5.73 Å². The maximum absolute atomic E-state index is 13.7. The molecule has 0 bridgehead atoms. The van der Waals surface area contributed by atoms with Crippen LogP contribution in [0.2, 0.25) is 0 Å². The zero-order valence-corrected chi connectivity index (χ0v) is 22.0. The Kier molecular flexibility index (Phi) is 6.76. The standard InChI is InChI=1S/C28H31NO10/c1-11-23(31)15(29)8-18(38-11)39-17-10-28(37-4,12(2)30)9-14-20(17)27(35)22-21(25(14)33)24(32)13-6-5-7-16(36-3)19(13)26(22)34/h5-7,11,15,17-18,23,31,33,35H,8-10,29H2,1-4H3/t11-,15-,17-,18-,23+,28-/m0/s1. The molecule has 2 aromatic carbocycles. The molecule has 0 unspecified atom stereocenters. The average molecular weight is 542 g/mol. The van der Waals surface area contributed by atoms with Crippen molar-refractivity contribution in [1.29, 1.82) is 0 Å². The van der Waals surface area contributed by atoms with Crippen LogP contribution in [0.25, 0.3) is 0 Å². The number of carbonyl (C=O) groups is 3. The predicted molar refractivity (Wildman–Crippen MR) is 135 cm³/mol. The second kappa shape index (κ2) is 9.68. The van der Waals surface area contributed by atoms with Gasteiger partial charge >= 0.3 is 0 Å². The third-order valence-corrected chi connectivity index (χ3v) is 8.16. The molecule has 5 rings (SSSR count). The number of ether oxygens (including phenoxy) is 4. The number of nitrogens with two attached hydrogens (primary N) is 1. The van der Waals surface area contributed by atoms with E-state index in [1.807, 2.05) is 0 Å². The summed E-state index contributed by atoms with van der Waals surface area (Å²) in [6.45, 7) is 2.97. The van der Waals surface area contributed by atoms with Crippen LogP contribution in [0.15, 0.2) is 18.2 Å². The molecule has 0 aromatic heterocycles. The summed E-state index contributed by atoms with van der Waals surface area (Å²) in [7, 11) is 2.71. The fraction of sp³-hybridized carbons (Fsp3) is 0.464. The molecule has 6 atom stereocenters. The molecule has 1 heterocycles. The molecular formula is C28H31NO10. The molecule has 208 valence electrons. The first-order valence-electron chi connectivity index (χ1n) is 12.6. The quantitative estimate of drug-likeness (QED) is 0.346. The highest BCUT2D eigenvalue weighted by Crippen LogP contribution is 2.53. The summed E-state index contributed by atoms with van der Waals surface area (Å²) in [5, 5.41) is 33.2. The first kappa shape index (κ1) is 27.2. The highest BCUT2D eigenvalue weighted by molar-refractivity contribution is 6.31.